The number of carbonyl (C=O) groups is 1. The Morgan fingerprint density at radius 3 is 2.42 bits per heavy atom. The molecule has 172 valence electrons. The van der Waals surface area contributed by atoms with Crippen molar-refractivity contribution in [2.24, 2.45) is 23.2 Å². The van der Waals surface area contributed by atoms with Crippen LogP contribution >= 0.6 is 0 Å². The van der Waals surface area contributed by atoms with Gasteiger partial charge in [-0.15, -0.1) is 0 Å². The molecule has 4 aliphatic rings. The van der Waals surface area contributed by atoms with Crippen molar-refractivity contribution in [2.75, 3.05) is 33.3 Å². The maximum atomic E-state index is 13.1. The highest BCUT2D eigenvalue weighted by atomic mass is 16.5. The molecule has 31 heavy (non-hydrogen) atoms. The molecule has 0 aliphatic heterocycles. The maximum Gasteiger partial charge on any atom is 0.226 e. The summed E-state index contributed by atoms with van der Waals surface area (Å²) in [6.07, 6.45) is 12.2. The Morgan fingerprint density at radius 2 is 1.77 bits per heavy atom. The average molecular weight is 427 g/mol. The lowest BCUT2D eigenvalue weighted by molar-refractivity contribution is -0.146. The quantitative estimate of drug-likeness (QED) is 0.475. The third kappa shape index (κ3) is 5.63. The van der Waals surface area contributed by atoms with Gasteiger partial charge in [-0.2, -0.15) is 0 Å². The average Bonchev–Trinajstić information content (AvgIpc) is 2.76. The summed E-state index contributed by atoms with van der Waals surface area (Å²) in [6, 6.07) is 8.41. The zero-order chi connectivity index (χ0) is 21.7. The first-order valence-corrected chi connectivity index (χ1v) is 12.7. The molecule has 0 aromatic heterocycles. The molecule has 0 heterocycles. The van der Waals surface area contributed by atoms with Gasteiger partial charge in [-0.3, -0.25) is 4.79 Å². The molecule has 0 atom stereocenters. The summed E-state index contributed by atoms with van der Waals surface area (Å²) in [5.74, 6) is 3.84. The summed E-state index contributed by atoms with van der Waals surface area (Å²) in [6.45, 7) is 6.44. The fourth-order valence-corrected chi connectivity index (χ4v) is 7.01. The van der Waals surface area contributed by atoms with E-state index in [0.29, 0.717) is 5.91 Å². The van der Waals surface area contributed by atoms with Gasteiger partial charge in [0.05, 0.1) is 7.11 Å². The van der Waals surface area contributed by atoms with Gasteiger partial charge in [-0.25, -0.2) is 0 Å². The fraction of sp³-hybridized carbons (Fsp3) is 0.741. The van der Waals surface area contributed by atoms with Crippen LogP contribution in [0.4, 0.5) is 0 Å². The number of nitrogens with one attached hydrogen (secondary N) is 1. The molecule has 4 bridgehead atoms. The van der Waals surface area contributed by atoms with Crippen LogP contribution < -0.4 is 10.1 Å². The molecule has 4 aliphatic carbocycles. The van der Waals surface area contributed by atoms with Crippen molar-refractivity contribution in [3.63, 3.8) is 0 Å². The van der Waals surface area contributed by atoms with Gasteiger partial charge in [0.2, 0.25) is 5.91 Å². The van der Waals surface area contributed by atoms with E-state index < -0.39 is 0 Å². The van der Waals surface area contributed by atoms with Crippen molar-refractivity contribution in [3.8, 4) is 5.75 Å². The second kappa shape index (κ2) is 10.4. The highest BCUT2D eigenvalue weighted by Gasteiger charge is 2.54. The molecular formula is C27H42N2O2. The molecule has 5 rings (SSSR count). The van der Waals surface area contributed by atoms with Crippen LogP contribution in [0, 0.1) is 23.2 Å². The molecule has 1 aromatic carbocycles. The standard InChI is InChI=1S/C27H42N2O2/c1-3-11-29(13-9-21-7-6-8-25(17-21)31-2)12-5-4-10-28-26(30)27-18-22-14-23(19-27)16-24(15-22)20-27/h6-8,17,22-24H,3-5,9-16,18-20H2,1-2H3,(H,28,30). The summed E-state index contributed by atoms with van der Waals surface area (Å²) in [7, 11) is 1.73. The van der Waals surface area contributed by atoms with Gasteiger partial charge in [-0.05, 0) is 113 Å². The molecule has 4 heteroatoms. The lowest BCUT2D eigenvalue weighted by Gasteiger charge is -2.55. The Kier molecular flexibility index (Phi) is 7.58. The topological polar surface area (TPSA) is 41.6 Å². The number of unbranched alkanes of at least 4 members (excludes halogenated alkanes) is 1. The van der Waals surface area contributed by atoms with Crippen molar-refractivity contribution in [2.45, 2.75) is 71.1 Å². The van der Waals surface area contributed by atoms with Gasteiger partial charge in [0.25, 0.3) is 0 Å². The highest BCUT2D eigenvalue weighted by Crippen LogP contribution is 2.60. The van der Waals surface area contributed by atoms with Crippen molar-refractivity contribution < 1.29 is 9.53 Å². The molecule has 0 saturated heterocycles. The minimum atomic E-state index is -0.000262. The monoisotopic (exact) mass is 426 g/mol. The van der Waals surface area contributed by atoms with Crippen molar-refractivity contribution in [3.05, 3.63) is 29.8 Å². The number of rotatable bonds is 12. The third-order valence-corrected chi connectivity index (χ3v) is 8.10. The molecule has 4 nitrogen and oxygen atoms in total. The molecule has 1 amide bonds. The summed E-state index contributed by atoms with van der Waals surface area (Å²) in [5.41, 5.74) is 1.34. The number of amides is 1. The van der Waals surface area contributed by atoms with E-state index in [1.54, 1.807) is 7.11 Å². The SMILES string of the molecule is CCCN(CCCCNC(=O)C12CC3CC(CC(C3)C1)C2)CCc1cccc(OC)c1. The normalized spacial score (nSPS) is 28.8. The molecule has 1 N–H and O–H groups in total. The van der Waals surface area contributed by atoms with E-state index in [2.05, 4.69) is 35.3 Å². The van der Waals surface area contributed by atoms with Crippen LogP contribution in [0.3, 0.4) is 0 Å². The number of benzene rings is 1. The van der Waals surface area contributed by atoms with E-state index in [9.17, 15) is 4.79 Å². The van der Waals surface area contributed by atoms with E-state index in [1.807, 2.05) is 6.07 Å². The van der Waals surface area contributed by atoms with E-state index in [1.165, 1.54) is 50.5 Å². The van der Waals surface area contributed by atoms with Gasteiger partial charge >= 0.3 is 0 Å². The smallest absolute Gasteiger partial charge is 0.226 e. The van der Waals surface area contributed by atoms with E-state index >= 15 is 0 Å². The number of carbonyl (C=O) groups excluding carboxylic acids is 1. The van der Waals surface area contributed by atoms with Crippen molar-refractivity contribution in [1.29, 1.82) is 0 Å². The number of hydrogen-bond donors (Lipinski definition) is 1. The van der Waals surface area contributed by atoms with Crippen LogP contribution in [0.15, 0.2) is 24.3 Å². The third-order valence-electron chi connectivity index (χ3n) is 8.10. The lowest BCUT2D eigenvalue weighted by atomic mass is 9.49. The molecule has 0 spiro atoms. The first-order chi connectivity index (χ1) is 15.1. The maximum absolute atomic E-state index is 13.1. The zero-order valence-electron chi connectivity index (χ0n) is 19.7. The van der Waals surface area contributed by atoms with Crippen LogP contribution in [0.1, 0.15) is 70.3 Å². The van der Waals surface area contributed by atoms with Crippen LogP contribution in [-0.4, -0.2) is 44.1 Å². The molecule has 4 fully saturated rings. The molecule has 4 saturated carbocycles. The number of hydrogen-bond acceptors (Lipinski definition) is 3. The second-order valence-electron chi connectivity index (χ2n) is 10.6. The van der Waals surface area contributed by atoms with E-state index in [4.69, 9.17) is 4.74 Å². The van der Waals surface area contributed by atoms with Crippen LogP contribution in [0.25, 0.3) is 0 Å². The lowest BCUT2D eigenvalue weighted by Crippen LogP contribution is -2.53. The van der Waals surface area contributed by atoms with Crippen molar-refractivity contribution >= 4 is 5.91 Å². The Hall–Kier alpha value is -1.55. The predicted molar refractivity (Wildman–Crippen MR) is 126 cm³/mol. The minimum Gasteiger partial charge on any atom is -0.497 e. The molecule has 0 unspecified atom stereocenters. The second-order valence-corrected chi connectivity index (χ2v) is 10.6. The first-order valence-electron chi connectivity index (χ1n) is 12.7. The van der Waals surface area contributed by atoms with Gasteiger partial charge in [0.15, 0.2) is 0 Å². The molecule has 1 aromatic rings. The summed E-state index contributed by atoms with van der Waals surface area (Å²) in [5, 5.41) is 3.34. The Bertz CT molecular complexity index is 696. The fourth-order valence-electron chi connectivity index (χ4n) is 7.01. The zero-order valence-corrected chi connectivity index (χ0v) is 19.7. The highest BCUT2D eigenvalue weighted by molar-refractivity contribution is 5.83. The molecular weight excluding hydrogens is 384 g/mol. The van der Waals surface area contributed by atoms with E-state index in [0.717, 1.165) is 68.9 Å². The Morgan fingerprint density at radius 1 is 1.06 bits per heavy atom. The summed E-state index contributed by atoms with van der Waals surface area (Å²) >= 11 is 0. The number of methoxy groups -OCH3 is 1. The van der Waals surface area contributed by atoms with Crippen molar-refractivity contribution in [1.82, 2.24) is 10.2 Å². The first kappa shape index (κ1) is 22.6. The summed E-state index contributed by atoms with van der Waals surface area (Å²) in [4.78, 5) is 15.6. The molecule has 0 radical (unpaired) electrons. The summed E-state index contributed by atoms with van der Waals surface area (Å²) < 4.78 is 5.35. The Balaban J connectivity index is 1.16. The largest absolute Gasteiger partial charge is 0.497 e. The van der Waals surface area contributed by atoms with Crippen LogP contribution in [0.2, 0.25) is 0 Å². The van der Waals surface area contributed by atoms with Gasteiger partial charge in [0.1, 0.15) is 5.75 Å². The van der Waals surface area contributed by atoms with Gasteiger partial charge in [-0.1, -0.05) is 19.1 Å². The van der Waals surface area contributed by atoms with Gasteiger partial charge in [0, 0.05) is 18.5 Å². The Labute approximate surface area is 189 Å². The number of ether oxygens (including phenoxy) is 1. The van der Waals surface area contributed by atoms with Crippen LogP contribution in [0.5, 0.6) is 5.75 Å². The van der Waals surface area contributed by atoms with E-state index in [-0.39, 0.29) is 5.41 Å². The van der Waals surface area contributed by atoms with Crippen LogP contribution in [-0.2, 0) is 11.2 Å². The minimum absolute atomic E-state index is 0.000262. The number of nitrogens with zero attached hydrogens (tertiary/aromatic N) is 1. The van der Waals surface area contributed by atoms with Gasteiger partial charge < -0.3 is 15.0 Å². The predicted octanol–water partition coefficient (Wildman–Crippen LogP) is 5.06.